The van der Waals surface area contributed by atoms with E-state index < -0.39 is 0 Å². The first-order valence-electron chi connectivity index (χ1n) is 6.24. The lowest BCUT2D eigenvalue weighted by atomic mass is 10.1. The quantitative estimate of drug-likeness (QED) is 0.753. The van der Waals surface area contributed by atoms with Crippen molar-refractivity contribution in [3.8, 4) is 0 Å². The monoisotopic (exact) mass is 233 g/mol. The predicted octanol–water partition coefficient (Wildman–Crippen LogP) is 4.53. The van der Waals surface area contributed by atoms with Crippen LogP contribution in [0.5, 0.6) is 0 Å². The Bertz CT molecular complexity index is 275. The molecular weight excluding hydrogens is 206 g/mol. The van der Waals surface area contributed by atoms with E-state index in [9.17, 15) is 0 Å². The normalized spacial score (nSPS) is 8.00. The average Bonchev–Trinajstić information content (AvgIpc) is 2.43. The molecule has 1 N–H and O–H groups in total. The Morgan fingerprint density at radius 2 is 1.76 bits per heavy atom. The number of rotatable bonds is 4. The predicted molar refractivity (Wildman–Crippen MR) is 81.2 cm³/mol. The Balaban J connectivity index is 0. The summed E-state index contributed by atoms with van der Waals surface area (Å²) in [6, 6.07) is 10.3. The van der Waals surface area contributed by atoms with Crippen LogP contribution in [0.2, 0.25) is 0 Å². The smallest absolute Gasteiger partial charge is 0.0129 e. The molecule has 17 heavy (non-hydrogen) atoms. The van der Waals surface area contributed by atoms with Crippen LogP contribution in [-0.4, -0.2) is 13.6 Å². The molecule has 0 heterocycles. The van der Waals surface area contributed by atoms with Gasteiger partial charge in [0.25, 0.3) is 0 Å². The Kier molecular flexibility index (Phi) is 15.6. The van der Waals surface area contributed by atoms with Crippen LogP contribution in [0.1, 0.15) is 32.8 Å². The first-order valence-corrected chi connectivity index (χ1v) is 6.24. The zero-order valence-corrected chi connectivity index (χ0v) is 11.8. The van der Waals surface area contributed by atoms with Crippen molar-refractivity contribution in [2.45, 2.75) is 27.2 Å². The molecule has 0 saturated heterocycles. The Morgan fingerprint density at radius 3 is 2.06 bits per heavy atom. The van der Waals surface area contributed by atoms with Gasteiger partial charge in [-0.15, -0.1) is 6.58 Å². The van der Waals surface area contributed by atoms with Crippen LogP contribution < -0.4 is 5.32 Å². The summed E-state index contributed by atoms with van der Waals surface area (Å²) in [7, 11) is 1.89. The van der Waals surface area contributed by atoms with Crippen molar-refractivity contribution >= 4 is 5.57 Å². The molecule has 96 valence electrons. The number of hydrogen-bond acceptors (Lipinski definition) is 1. The Morgan fingerprint density at radius 1 is 1.24 bits per heavy atom. The average molecular weight is 233 g/mol. The van der Waals surface area contributed by atoms with E-state index in [4.69, 9.17) is 0 Å². The molecule has 0 bridgehead atoms. The first-order chi connectivity index (χ1) is 8.26. The number of nitrogens with one attached hydrogen (secondary N) is 1. The van der Waals surface area contributed by atoms with Crippen molar-refractivity contribution < 1.29 is 0 Å². The second-order valence-electron chi connectivity index (χ2n) is 3.17. The largest absolute Gasteiger partial charge is 0.316 e. The Labute approximate surface area is 107 Å². The van der Waals surface area contributed by atoms with Crippen molar-refractivity contribution in [2.24, 2.45) is 0 Å². The molecule has 0 aliphatic rings. The fraction of sp³-hybridized carbons (Fsp3) is 0.375. The summed E-state index contributed by atoms with van der Waals surface area (Å²) < 4.78 is 0. The summed E-state index contributed by atoms with van der Waals surface area (Å²) in [5.74, 6) is 0. The molecule has 0 unspecified atom stereocenters. The van der Waals surface area contributed by atoms with Crippen LogP contribution in [0.15, 0.2) is 49.6 Å². The fourth-order valence-corrected chi connectivity index (χ4v) is 1.02. The van der Waals surface area contributed by atoms with E-state index >= 15 is 0 Å². The molecule has 1 aromatic rings. The van der Waals surface area contributed by atoms with Gasteiger partial charge in [0.15, 0.2) is 0 Å². The van der Waals surface area contributed by atoms with Crippen LogP contribution in [0.4, 0.5) is 0 Å². The molecule has 1 nitrogen and oxygen atoms in total. The van der Waals surface area contributed by atoms with Gasteiger partial charge in [0, 0.05) is 6.54 Å². The third-order valence-corrected chi connectivity index (χ3v) is 1.96. The number of likely N-dealkylation sites (N-methyl/N-ethyl adjacent to an activating group) is 1. The molecule has 0 atom stereocenters. The van der Waals surface area contributed by atoms with Gasteiger partial charge in [-0.2, -0.15) is 0 Å². The van der Waals surface area contributed by atoms with Crippen molar-refractivity contribution in [2.75, 3.05) is 13.6 Å². The molecule has 0 aliphatic carbocycles. The van der Waals surface area contributed by atoms with Gasteiger partial charge in [-0.3, -0.25) is 0 Å². The highest BCUT2D eigenvalue weighted by atomic mass is 14.8. The minimum absolute atomic E-state index is 0.903. The van der Waals surface area contributed by atoms with Gasteiger partial charge >= 0.3 is 0 Å². The van der Waals surface area contributed by atoms with E-state index in [-0.39, 0.29) is 0 Å². The number of hydrogen-bond donors (Lipinski definition) is 1. The fourth-order valence-electron chi connectivity index (χ4n) is 1.02. The molecule has 0 saturated carbocycles. The van der Waals surface area contributed by atoms with Crippen LogP contribution >= 0.6 is 0 Å². The van der Waals surface area contributed by atoms with Gasteiger partial charge in [-0.05, 0) is 24.6 Å². The topological polar surface area (TPSA) is 12.0 Å². The molecule has 1 aromatic carbocycles. The van der Waals surface area contributed by atoms with Gasteiger partial charge in [0.05, 0.1) is 0 Å². The minimum Gasteiger partial charge on any atom is -0.316 e. The van der Waals surface area contributed by atoms with Gasteiger partial charge in [-0.25, -0.2) is 0 Å². The molecule has 0 aromatic heterocycles. The van der Waals surface area contributed by atoms with E-state index in [1.807, 2.05) is 45.2 Å². The zero-order valence-electron chi connectivity index (χ0n) is 11.8. The maximum absolute atomic E-state index is 3.94. The van der Waals surface area contributed by atoms with E-state index in [0.717, 1.165) is 13.0 Å². The van der Waals surface area contributed by atoms with Crippen LogP contribution in [0, 0.1) is 0 Å². The number of allylic oxidation sites excluding steroid dienone is 1. The number of benzene rings is 1. The summed E-state index contributed by atoms with van der Waals surface area (Å²) in [6.07, 6.45) is 2.85. The first kappa shape index (κ1) is 18.0. The maximum Gasteiger partial charge on any atom is 0.0129 e. The third-order valence-electron chi connectivity index (χ3n) is 1.96. The highest BCUT2D eigenvalue weighted by Gasteiger charge is 1.91. The van der Waals surface area contributed by atoms with Crippen molar-refractivity contribution in [3.05, 3.63) is 55.1 Å². The van der Waals surface area contributed by atoms with Crippen molar-refractivity contribution in [1.82, 2.24) is 5.32 Å². The van der Waals surface area contributed by atoms with Crippen molar-refractivity contribution in [3.63, 3.8) is 0 Å². The summed E-state index contributed by atoms with van der Waals surface area (Å²) in [6.45, 7) is 14.5. The van der Waals surface area contributed by atoms with E-state index in [2.05, 4.69) is 37.5 Å². The molecule has 0 fully saturated rings. The van der Waals surface area contributed by atoms with Gasteiger partial charge in [0.2, 0.25) is 0 Å². The second-order valence-corrected chi connectivity index (χ2v) is 3.17. The molecule has 0 radical (unpaired) electrons. The lowest BCUT2D eigenvalue weighted by Gasteiger charge is -1.99. The summed E-state index contributed by atoms with van der Waals surface area (Å²) >= 11 is 0. The van der Waals surface area contributed by atoms with Crippen LogP contribution in [-0.2, 0) is 0 Å². The highest BCUT2D eigenvalue weighted by molar-refractivity contribution is 5.62. The van der Waals surface area contributed by atoms with Gasteiger partial charge < -0.3 is 5.32 Å². The zero-order chi connectivity index (χ0) is 13.5. The molecule has 0 spiro atoms. The highest BCUT2D eigenvalue weighted by Crippen LogP contribution is 2.13. The summed E-state index contributed by atoms with van der Waals surface area (Å²) in [5.41, 5.74) is 2.46. The standard InChI is InChI=1S/C10H12.C4H9N.C2H6/c1-3-9(2)10-7-5-4-6-8-10;1-3-4-5-2;1-2/h4-8H,2-3H2,1H3;3,5H,1,4H2,2H3;1-2H3. The minimum atomic E-state index is 0.903. The molecule has 0 aliphatic heterocycles. The van der Waals surface area contributed by atoms with E-state index in [1.165, 1.54) is 11.1 Å². The second kappa shape index (κ2) is 14.7. The van der Waals surface area contributed by atoms with E-state index in [1.54, 1.807) is 0 Å². The lowest BCUT2D eigenvalue weighted by molar-refractivity contribution is 0.921. The van der Waals surface area contributed by atoms with Crippen LogP contribution in [0.25, 0.3) is 5.57 Å². The molecule has 0 amide bonds. The third kappa shape index (κ3) is 10.9. The lowest BCUT2D eigenvalue weighted by Crippen LogP contribution is -2.02. The maximum atomic E-state index is 3.94. The SMILES string of the molecule is C=C(CC)c1ccccc1.C=CCNC.CC. The Hall–Kier alpha value is -1.34. The van der Waals surface area contributed by atoms with Crippen LogP contribution in [0.3, 0.4) is 0 Å². The molecule has 1 rings (SSSR count). The van der Waals surface area contributed by atoms with Gasteiger partial charge in [0.1, 0.15) is 0 Å². The van der Waals surface area contributed by atoms with Crippen molar-refractivity contribution in [1.29, 1.82) is 0 Å². The van der Waals surface area contributed by atoms with E-state index in [0.29, 0.717) is 0 Å². The summed E-state index contributed by atoms with van der Waals surface area (Å²) in [5, 5.41) is 2.90. The molecule has 1 heteroatoms. The molecular formula is C16H27N. The summed E-state index contributed by atoms with van der Waals surface area (Å²) in [4.78, 5) is 0. The van der Waals surface area contributed by atoms with Gasteiger partial charge in [-0.1, -0.05) is 63.8 Å².